The van der Waals surface area contributed by atoms with Crippen LogP contribution in [-0.4, -0.2) is 75.6 Å². The average Bonchev–Trinajstić information content (AvgIpc) is 3.08. The summed E-state index contributed by atoms with van der Waals surface area (Å²) in [6.45, 7) is 5.22. The number of likely N-dealkylation sites (N-methyl/N-ethyl adjacent to an activating group) is 1. The Bertz CT molecular complexity index is 1090. The molecule has 0 amide bonds. The van der Waals surface area contributed by atoms with Crippen LogP contribution in [0.25, 0.3) is 0 Å². The molecule has 0 radical (unpaired) electrons. The number of nitrogens with zero attached hydrogens (tertiary/aromatic N) is 1. The summed E-state index contributed by atoms with van der Waals surface area (Å²) in [4.78, 5) is 22.7. The number of carbonyl (C=O) groups excluding carboxylic acids is 1. The minimum atomic E-state index is -4.30. The lowest BCUT2D eigenvalue weighted by atomic mass is 10.1. The van der Waals surface area contributed by atoms with E-state index in [2.05, 4.69) is 86.8 Å². The first kappa shape index (κ1) is 48.7. The molecule has 0 saturated heterocycles. The zero-order valence-corrected chi connectivity index (χ0v) is 33.7. The molecule has 0 aromatic heterocycles. The van der Waals surface area contributed by atoms with E-state index in [0.29, 0.717) is 24.1 Å². The fraction of sp³-hybridized carbons (Fsp3) is 0.643. The van der Waals surface area contributed by atoms with E-state index in [0.717, 1.165) is 70.6 Å². The Hall–Kier alpha value is -2.32. The zero-order valence-electron chi connectivity index (χ0n) is 32.8. The van der Waals surface area contributed by atoms with Crippen molar-refractivity contribution in [3.8, 4) is 0 Å². The number of phosphoric acid groups is 1. The first-order valence-corrected chi connectivity index (χ1v) is 20.8. The molecule has 51 heavy (non-hydrogen) atoms. The first-order valence-electron chi connectivity index (χ1n) is 19.3. The number of ether oxygens (including phenoxy) is 2. The quantitative estimate of drug-likeness (QED) is 0.0231. The van der Waals surface area contributed by atoms with Crippen molar-refractivity contribution in [1.29, 1.82) is 0 Å². The summed E-state index contributed by atoms with van der Waals surface area (Å²) in [5.74, 6) is -0.403. The Labute approximate surface area is 312 Å². The van der Waals surface area contributed by atoms with Crippen LogP contribution >= 0.6 is 7.82 Å². The van der Waals surface area contributed by atoms with E-state index in [1.807, 2.05) is 33.3 Å². The number of unbranched alkanes of at least 4 members (excludes halogenated alkanes) is 6. The van der Waals surface area contributed by atoms with Gasteiger partial charge in [0.05, 0.1) is 34.4 Å². The lowest BCUT2D eigenvalue weighted by Crippen LogP contribution is -2.37. The third-order valence-corrected chi connectivity index (χ3v) is 8.45. The van der Waals surface area contributed by atoms with E-state index in [9.17, 15) is 14.3 Å². The van der Waals surface area contributed by atoms with Crippen molar-refractivity contribution in [3.63, 3.8) is 0 Å². The number of allylic oxidation sites excluding steroid dienone is 14. The summed E-state index contributed by atoms with van der Waals surface area (Å²) in [5, 5.41) is 0. The smallest absolute Gasteiger partial charge is 0.457 e. The van der Waals surface area contributed by atoms with Gasteiger partial charge in [0.1, 0.15) is 19.3 Å². The molecule has 8 nitrogen and oxygen atoms in total. The van der Waals surface area contributed by atoms with E-state index in [1.165, 1.54) is 19.3 Å². The molecule has 0 aromatic rings. The minimum absolute atomic E-state index is 0.0683. The molecular weight excluding hydrogens is 661 g/mol. The van der Waals surface area contributed by atoms with Gasteiger partial charge in [-0.3, -0.25) is 13.8 Å². The Kier molecular flexibility index (Phi) is 33.2. The van der Waals surface area contributed by atoms with Gasteiger partial charge < -0.3 is 18.9 Å². The van der Waals surface area contributed by atoms with Gasteiger partial charge in [0, 0.05) is 13.0 Å². The fourth-order valence-corrected chi connectivity index (χ4v) is 5.26. The summed E-state index contributed by atoms with van der Waals surface area (Å²) in [6.07, 6.45) is 44.9. The second-order valence-corrected chi connectivity index (χ2v) is 15.0. The third kappa shape index (κ3) is 38.7. The molecule has 1 N–H and O–H groups in total. The summed E-state index contributed by atoms with van der Waals surface area (Å²) in [5.41, 5.74) is 0. The summed E-state index contributed by atoms with van der Waals surface area (Å²) < 4.78 is 34.7. The predicted molar refractivity (Wildman–Crippen MR) is 215 cm³/mol. The van der Waals surface area contributed by atoms with Gasteiger partial charge in [-0.15, -0.1) is 0 Å². The molecule has 2 unspecified atom stereocenters. The second-order valence-electron chi connectivity index (χ2n) is 13.5. The van der Waals surface area contributed by atoms with E-state index in [-0.39, 0.29) is 26.2 Å². The van der Waals surface area contributed by atoms with Crippen molar-refractivity contribution in [3.05, 3.63) is 85.1 Å². The third-order valence-electron chi connectivity index (χ3n) is 7.47. The Balaban J connectivity index is 4.44. The largest absolute Gasteiger partial charge is 0.472 e. The van der Waals surface area contributed by atoms with E-state index >= 15 is 0 Å². The van der Waals surface area contributed by atoms with Gasteiger partial charge >= 0.3 is 13.8 Å². The van der Waals surface area contributed by atoms with Crippen LogP contribution in [0.4, 0.5) is 0 Å². The van der Waals surface area contributed by atoms with Gasteiger partial charge in [-0.05, 0) is 70.6 Å². The molecule has 2 atom stereocenters. The van der Waals surface area contributed by atoms with Gasteiger partial charge in [-0.1, -0.05) is 125 Å². The highest BCUT2D eigenvalue weighted by Gasteiger charge is 2.26. The van der Waals surface area contributed by atoms with Gasteiger partial charge in [-0.25, -0.2) is 4.57 Å². The van der Waals surface area contributed by atoms with Crippen LogP contribution in [0.5, 0.6) is 0 Å². The number of carbonyl (C=O) groups is 1. The van der Waals surface area contributed by atoms with Gasteiger partial charge in [0.2, 0.25) is 0 Å². The van der Waals surface area contributed by atoms with Crippen LogP contribution < -0.4 is 0 Å². The molecule has 0 bridgehead atoms. The Morgan fingerprint density at radius 3 is 1.61 bits per heavy atom. The predicted octanol–water partition coefficient (Wildman–Crippen LogP) is 10.9. The van der Waals surface area contributed by atoms with Crippen molar-refractivity contribution in [2.75, 3.05) is 54.1 Å². The monoisotopic (exact) mass is 735 g/mol. The number of hydrogen-bond donors (Lipinski definition) is 1. The molecule has 9 heteroatoms. The minimum Gasteiger partial charge on any atom is -0.457 e. The lowest BCUT2D eigenvalue weighted by Gasteiger charge is -2.24. The van der Waals surface area contributed by atoms with Crippen LogP contribution in [0.1, 0.15) is 117 Å². The van der Waals surface area contributed by atoms with Crippen LogP contribution in [-0.2, 0) is 27.9 Å². The summed E-state index contributed by atoms with van der Waals surface area (Å²) >= 11 is 0. The molecule has 0 heterocycles. The van der Waals surface area contributed by atoms with Gasteiger partial charge in [0.15, 0.2) is 0 Å². The molecule has 0 aromatic carbocycles. The normalized spacial score (nSPS) is 14.9. The van der Waals surface area contributed by atoms with Gasteiger partial charge in [0.25, 0.3) is 0 Å². The zero-order chi connectivity index (χ0) is 37.7. The second kappa shape index (κ2) is 34.7. The molecule has 0 fully saturated rings. The highest BCUT2D eigenvalue weighted by Crippen LogP contribution is 2.43. The summed E-state index contributed by atoms with van der Waals surface area (Å²) in [7, 11) is 1.60. The van der Waals surface area contributed by atoms with Crippen molar-refractivity contribution < 1.29 is 37.3 Å². The van der Waals surface area contributed by atoms with E-state index in [4.69, 9.17) is 18.5 Å². The van der Waals surface area contributed by atoms with Crippen molar-refractivity contribution in [2.24, 2.45) is 0 Å². The van der Waals surface area contributed by atoms with Crippen molar-refractivity contribution >= 4 is 13.8 Å². The van der Waals surface area contributed by atoms with Crippen molar-refractivity contribution in [1.82, 2.24) is 0 Å². The highest BCUT2D eigenvalue weighted by molar-refractivity contribution is 7.47. The number of esters is 1. The first-order chi connectivity index (χ1) is 24.6. The fourth-order valence-electron chi connectivity index (χ4n) is 4.52. The standard InChI is InChI=1S/C42H72NO7P/c1-6-8-10-12-14-16-18-20-21-22-24-26-28-30-32-34-37-47-39-41(40-49-51(45,46)48-38-36-43(3,4)5)50-42(44)35-33-31-29-27-25-23-19-17-15-13-11-9-7-2/h8-11,14-17,20-21,23,25,29,31,41H,6-7,12-13,18-19,22,24,26-28,30,32-40H2,1-5H3/p+1/b10-8-,11-9-,16-14-,17-15-,21-20-,25-23-,31-29-. The molecule has 0 aliphatic carbocycles. The topological polar surface area (TPSA) is 91.3 Å². The molecule has 0 rings (SSSR count). The molecular formula is C42H73NO7P+. The van der Waals surface area contributed by atoms with E-state index in [1.54, 1.807) is 0 Å². The molecule has 0 saturated carbocycles. The Morgan fingerprint density at radius 2 is 1.08 bits per heavy atom. The molecule has 0 aliphatic rings. The van der Waals surface area contributed by atoms with Crippen LogP contribution in [0.3, 0.4) is 0 Å². The number of rotatable bonds is 34. The molecule has 292 valence electrons. The van der Waals surface area contributed by atoms with Crippen LogP contribution in [0.15, 0.2) is 85.1 Å². The van der Waals surface area contributed by atoms with E-state index < -0.39 is 19.9 Å². The maximum atomic E-state index is 12.6. The number of hydrogen-bond acceptors (Lipinski definition) is 6. The SMILES string of the molecule is CC/C=C\C/C=C\C/C=C\C/C=C\CCC(=O)OC(COCCCCCCCC/C=C\C/C=C\C/C=C\CC)COP(=O)(O)OCC[N+](C)(C)C. The molecule has 0 aliphatic heterocycles. The number of quaternary nitrogens is 1. The molecule has 0 spiro atoms. The lowest BCUT2D eigenvalue weighted by molar-refractivity contribution is -0.870. The van der Waals surface area contributed by atoms with Crippen molar-refractivity contribution in [2.45, 2.75) is 123 Å². The van der Waals surface area contributed by atoms with Crippen LogP contribution in [0.2, 0.25) is 0 Å². The maximum Gasteiger partial charge on any atom is 0.472 e. The maximum absolute atomic E-state index is 12.6. The van der Waals surface area contributed by atoms with Gasteiger partial charge in [-0.2, -0.15) is 0 Å². The number of phosphoric ester groups is 1. The Morgan fingerprint density at radius 1 is 0.608 bits per heavy atom. The summed E-state index contributed by atoms with van der Waals surface area (Å²) in [6, 6.07) is 0. The van der Waals surface area contributed by atoms with Crippen LogP contribution in [0, 0.1) is 0 Å². The highest BCUT2D eigenvalue weighted by atomic mass is 31.2. The average molecular weight is 735 g/mol.